The topological polar surface area (TPSA) is 64.1 Å². The standard InChI is InChI=1S/C14H12F3N3O2/c1-8-10(14(15,16)17)6-18-13(19-8)20-11-5-9(7-21)3-4-12(11)22-2/h3-7H,1-2H3,(H,18,19,20). The van der Waals surface area contributed by atoms with Crippen molar-refractivity contribution < 1.29 is 22.7 Å². The van der Waals surface area contributed by atoms with Gasteiger partial charge in [0.15, 0.2) is 0 Å². The van der Waals surface area contributed by atoms with Gasteiger partial charge in [-0.3, -0.25) is 4.79 Å². The van der Waals surface area contributed by atoms with Crippen molar-refractivity contribution in [2.24, 2.45) is 0 Å². The molecule has 0 aliphatic carbocycles. The van der Waals surface area contributed by atoms with Crippen LogP contribution in [0.2, 0.25) is 0 Å². The van der Waals surface area contributed by atoms with E-state index in [0.29, 0.717) is 29.5 Å². The minimum absolute atomic E-state index is 0.0214. The first-order chi connectivity index (χ1) is 10.3. The van der Waals surface area contributed by atoms with E-state index in [1.54, 1.807) is 12.1 Å². The fourth-order valence-electron chi connectivity index (χ4n) is 1.82. The quantitative estimate of drug-likeness (QED) is 0.877. The molecule has 116 valence electrons. The number of nitrogens with one attached hydrogen (secondary N) is 1. The number of hydrogen-bond donors (Lipinski definition) is 1. The van der Waals surface area contributed by atoms with Crippen LogP contribution in [0.4, 0.5) is 24.8 Å². The molecule has 0 spiro atoms. The summed E-state index contributed by atoms with van der Waals surface area (Å²) in [6, 6.07) is 4.60. The van der Waals surface area contributed by atoms with Crippen LogP contribution in [0.3, 0.4) is 0 Å². The minimum atomic E-state index is -4.50. The molecule has 1 heterocycles. The molecule has 0 amide bonds. The summed E-state index contributed by atoms with van der Waals surface area (Å²) in [6.45, 7) is 1.24. The number of methoxy groups -OCH3 is 1. The molecule has 0 saturated heterocycles. The molecule has 22 heavy (non-hydrogen) atoms. The Morgan fingerprint density at radius 3 is 2.59 bits per heavy atom. The number of nitrogens with zero attached hydrogens (tertiary/aromatic N) is 2. The number of alkyl halides is 3. The smallest absolute Gasteiger partial charge is 0.419 e. The van der Waals surface area contributed by atoms with Gasteiger partial charge in [-0.05, 0) is 25.1 Å². The van der Waals surface area contributed by atoms with Gasteiger partial charge >= 0.3 is 6.18 Å². The Labute approximate surface area is 124 Å². The van der Waals surface area contributed by atoms with Crippen LogP contribution in [-0.2, 0) is 6.18 Å². The van der Waals surface area contributed by atoms with E-state index in [0.717, 1.165) is 0 Å². The van der Waals surface area contributed by atoms with E-state index in [1.807, 2.05) is 0 Å². The van der Waals surface area contributed by atoms with Crippen LogP contribution in [0, 0.1) is 6.92 Å². The summed E-state index contributed by atoms with van der Waals surface area (Å²) in [5.41, 5.74) is -0.333. The van der Waals surface area contributed by atoms with E-state index in [4.69, 9.17) is 4.74 Å². The molecule has 0 radical (unpaired) electrons. The molecule has 1 aromatic carbocycles. The number of carbonyl (C=O) groups excluding carboxylic acids is 1. The van der Waals surface area contributed by atoms with Crippen LogP contribution in [0.15, 0.2) is 24.4 Å². The minimum Gasteiger partial charge on any atom is -0.495 e. The zero-order valence-electron chi connectivity index (χ0n) is 11.7. The number of halogens is 3. The summed E-state index contributed by atoms with van der Waals surface area (Å²) >= 11 is 0. The summed E-state index contributed by atoms with van der Waals surface area (Å²) in [5.74, 6) is 0.388. The highest BCUT2D eigenvalue weighted by Crippen LogP contribution is 2.32. The molecule has 5 nitrogen and oxygen atoms in total. The largest absolute Gasteiger partial charge is 0.495 e. The third kappa shape index (κ3) is 3.33. The average molecular weight is 311 g/mol. The Bertz CT molecular complexity index is 702. The number of ether oxygens (including phenoxy) is 1. The normalized spacial score (nSPS) is 11.1. The summed E-state index contributed by atoms with van der Waals surface area (Å²) in [4.78, 5) is 18.2. The maximum atomic E-state index is 12.7. The molecule has 0 fully saturated rings. The van der Waals surface area contributed by atoms with Crippen molar-refractivity contribution in [1.82, 2.24) is 9.97 Å². The number of hydrogen-bond acceptors (Lipinski definition) is 5. The molecule has 8 heteroatoms. The third-order valence-electron chi connectivity index (χ3n) is 2.89. The lowest BCUT2D eigenvalue weighted by Gasteiger charge is -2.13. The number of aryl methyl sites for hydroxylation is 1. The van der Waals surface area contributed by atoms with E-state index >= 15 is 0 Å². The van der Waals surface area contributed by atoms with Crippen molar-refractivity contribution >= 4 is 17.9 Å². The van der Waals surface area contributed by atoms with Gasteiger partial charge in [-0.2, -0.15) is 13.2 Å². The Morgan fingerprint density at radius 1 is 1.32 bits per heavy atom. The van der Waals surface area contributed by atoms with Gasteiger partial charge in [0.05, 0.1) is 24.1 Å². The third-order valence-corrected chi connectivity index (χ3v) is 2.89. The van der Waals surface area contributed by atoms with Crippen molar-refractivity contribution in [2.75, 3.05) is 12.4 Å². The lowest BCUT2D eigenvalue weighted by Crippen LogP contribution is -2.11. The Morgan fingerprint density at radius 2 is 2.05 bits per heavy atom. The van der Waals surface area contributed by atoms with Gasteiger partial charge in [0.1, 0.15) is 12.0 Å². The van der Waals surface area contributed by atoms with Crippen molar-refractivity contribution in [3.8, 4) is 5.75 Å². The summed E-state index contributed by atoms with van der Waals surface area (Å²) in [6.07, 6.45) is -3.15. The number of aldehydes is 1. The summed E-state index contributed by atoms with van der Waals surface area (Å²) < 4.78 is 43.1. The average Bonchev–Trinajstić information content (AvgIpc) is 2.45. The molecular weight excluding hydrogens is 299 g/mol. The molecule has 1 aromatic heterocycles. The second kappa shape index (κ2) is 6.00. The molecule has 0 aliphatic heterocycles. The van der Waals surface area contributed by atoms with E-state index in [1.165, 1.54) is 20.1 Å². The van der Waals surface area contributed by atoms with E-state index in [2.05, 4.69) is 15.3 Å². The van der Waals surface area contributed by atoms with Crippen LogP contribution in [0.5, 0.6) is 5.75 Å². The molecule has 1 N–H and O–H groups in total. The maximum Gasteiger partial charge on any atom is 0.419 e. The molecule has 2 aromatic rings. The van der Waals surface area contributed by atoms with Crippen LogP contribution in [-0.4, -0.2) is 23.4 Å². The summed E-state index contributed by atoms with van der Waals surface area (Å²) in [7, 11) is 1.43. The molecule has 0 bridgehead atoms. The molecule has 0 atom stereocenters. The molecule has 0 saturated carbocycles. The fourth-order valence-corrected chi connectivity index (χ4v) is 1.82. The predicted octanol–water partition coefficient (Wildman–Crippen LogP) is 3.37. The van der Waals surface area contributed by atoms with E-state index < -0.39 is 11.7 Å². The van der Waals surface area contributed by atoms with Crippen molar-refractivity contribution in [3.63, 3.8) is 0 Å². The van der Waals surface area contributed by atoms with Crippen molar-refractivity contribution in [1.29, 1.82) is 0 Å². The lowest BCUT2D eigenvalue weighted by atomic mass is 10.2. The van der Waals surface area contributed by atoms with Crippen molar-refractivity contribution in [3.05, 3.63) is 41.2 Å². The number of aromatic nitrogens is 2. The Hall–Kier alpha value is -2.64. The predicted molar refractivity (Wildman–Crippen MR) is 73.4 cm³/mol. The first-order valence-electron chi connectivity index (χ1n) is 6.16. The monoisotopic (exact) mass is 311 g/mol. The van der Waals surface area contributed by atoms with E-state index in [9.17, 15) is 18.0 Å². The van der Waals surface area contributed by atoms with Crippen LogP contribution < -0.4 is 10.1 Å². The number of benzene rings is 1. The highest BCUT2D eigenvalue weighted by atomic mass is 19.4. The van der Waals surface area contributed by atoms with Gasteiger partial charge in [-0.25, -0.2) is 9.97 Å². The fraction of sp³-hybridized carbons (Fsp3) is 0.214. The molecule has 0 unspecified atom stereocenters. The SMILES string of the molecule is COc1ccc(C=O)cc1Nc1ncc(C(F)(F)F)c(C)n1. The number of carbonyl (C=O) groups is 1. The van der Waals surface area contributed by atoms with Gasteiger partial charge in [0.2, 0.25) is 5.95 Å². The molecule has 2 rings (SSSR count). The van der Waals surface area contributed by atoms with Crippen LogP contribution in [0.25, 0.3) is 0 Å². The molecule has 0 aliphatic rings. The first kappa shape index (κ1) is 15.7. The van der Waals surface area contributed by atoms with Crippen molar-refractivity contribution in [2.45, 2.75) is 13.1 Å². The summed E-state index contributed by atoms with van der Waals surface area (Å²) in [5, 5.41) is 2.74. The highest BCUT2D eigenvalue weighted by molar-refractivity contribution is 5.79. The van der Waals surface area contributed by atoms with E-state index in [-0.39, 0.29) is 11.6 Å². The zero-order chi connectivity index (χ0) is 16.3. The van der Waals surface area contributed by atoms with Gasteiger partial charge < -0.3 is 10.1 Å². The Kier molecular flexibility index (Phi) is 4.30. The van der Waals surface area contributed by atoms with Crippen LogP contribution in [0.1, 0.15) is 21.6 Å². The number of rotatable bonds is 4. The van der Waals surface area contributed by atoms with Gasteiger partial charge in [0.25, 0.3) is 0 Å². The highest BCUT2D eigenvalue weighted by Gasteiger charge is 2.33. The second-order valence-corrected chi connectivity index (χ2v) is 4.39. The van der Waals surface area contributed by atoms with Gasteiger partial charge in [-0.1, -0.05) is 0 Å². The maximum absolute atomic E-state index is 12.7. The molecular formula is C14H12F3N3O2. The zero-order valence-corrected chi connectivity index (χ0v) is 11.7. The second-order valence-electron chi connectivity index (χ2n) is 4.39. The van der Waals surface area contributed by atoms with Gasteiger partial charge in [-0.15, -0.1) is 0 Å². The number of anilines is 2. The first-order valence-corrected chi connectivity index (χ1v) is 6.16. The van der Waals surface area contributed by atoms with Gasteiger partial charge in [0, 0.05) is 11.8 Å². The Balaban J connectivity index is 2.35. The lowest BCUT2D eigenvalue weighted by molar-refractivity contribution is -0.138. The van der Waals surface area contributed by atoms with Crippen LogP contribution >= 0.6 is 0 Å².